The summed E-state index contributed by atoms with van der Waals surface area (Å²) >= 11 is 0. The Morgan fingerprint density at radius 2 is 1.91 bits per heavy atom. The summed E-state index contributed by atoms with van der Waals surface area (Å²) in [5.74, 6) is 0. The van der Waals surface area contributed by atoms with Crippen molar-refractivity contribution in [2.75, 3.05) is 0 Å². The maximum Gasteiger partial charge on any atom is 0.133 e. The Kier molecular flexibility index (Phi) is 6.50. The van der Waals surface area contributed by atoms with Crippen molar-refractivity contribution in [2.24, 2.45) is 5.73 Å². The lowest BCUT2D eigenvalue weighted by Crippen LogP contribution is -2.77. The van der Waals surface area contributed by atoms with Gasteiger partial charge in [-0.05, 0) is 38.7 Å². The molecule has 0 radical (unpaired) electrons. The van der Waals surface area contributed by atoms with E-state index in [4.69, 9.17) is 5.73 Å². The highest BCUT2D eigenvalue weighted by Gasteiger charge is 2.36. The summed E-state index contributed by atoms with van der Waals surface area (Å²) in [5.41, 5.74) is 5.86. The molecule has 5 nitrogen and oxygen atoms in total. The fraction of sp³-hybridized carbons (Fsp3) is 0.647. The van der Waals surface area contributed by atoms with Gasteiger partial charge in [-0.3, -0.25) is 21.3 Å². The summed E-state index contributed by atoms with van der Waals surface area (Å²) in [5, 5.41) is 12.8. The van der Waals surface area contributed by atoms with E-state index in [1.807, 2.05) is 6.07 Å². The fourth-order valence-electron chi connectivity index (χ4n) is 2.79. The van der Waals surface area contributed by atoms with Crippen LogP contribution >= 0.6 is 0 Å². The number of benzene rings is 1. The van der Waals surface area contributed by atoms with Gasteiger partial charge in [-0.2, -0.15) is 0 Å². The molecule has 1 heterocycles. The number of alkyl halides is 1. The molecule has 6 heteroatoms. The molecule has 0 aromatic heterocycles. The van der Waals surface area contributed by atoms with Crippen molar-refractivity contribution >= 4 is 0 Å². The van der Waals surface area contributed by atoms with E-state index >= 15 is 0 Å². The first-order chi connectivity index (χ1) is 10.9. The Morgan fingerprint density at radius 3 is 2.52 bits per heavy atom. The summed E-state index contributed by atoms with van der Waals surface area (Å²) in [6.45, 7) is 5.24. The number of hydrogen-bond acceptors (Lipinski definition) is 5. The van der Waals surface area contributed by atoms with Crippen LogP contribution in [-0.4, -0.2) is 30.5 Å². The quantitative estimate of drug-likeness (QED) is 0.524. The zero-order valence-electron chi connectivity index (χ0n) is 14.3. The molecule has 0 aliphatic carbocycles. The average molecular weight is 323 g/mol. The van der Waals surface area contributed by atoms with Crippen molar-refractivity contribution in [3.05, 3.63) is 35.9 Å². The van der Waals surface area contributed by atoms with Gasteiger partial charge in [0.2, 0.25) is 0 Å². The van der Waals surface area contributed by atoms with Crippen LogP contribution in [0.5, 0.6) is 0 Å². The number of nitrogens with one attached hydrogen (secondary N) is 4. The van der Waals surface area contributed by atoms with E-state index in [-0.39, 0.29) is 6.29 Å². The Hall–Kier alpha value is -1.05. The van der Waals surface area contributed by atoms with E-state index in [9.17, 15) is 4.39 Å². The molecule has 0 bridgehead atoms. The Labute approximate surface area is 138 Å². The molecule has 1 aromatic carbocycles. The van der Waals surface area contributed by atoms with Crippen LogP contribution in [0, 0.1) is 0 Å². The Morgan fingerprint density at radius 1 is 1.22 bits per heavy atom. The van der Waals surface area contributed by atoms with Gasteiger partial charge >= 0.3 is 0 Å². The number of hydrogen-bond donors (Lipinski definition) is 5. The lowest BCUT2D eigenvalue weighted by Gasteiger charge is -2.42. The zero-order valence-corrected chi connectivity index (χ0v) is 14.3. The second-order valence-electron chi connectivity index (χ2n) is 6.70. The van der Waals surface area contributed by atoms with Crippen molar-refractivity contribution < 1.29 is 4.39 Å². The standard InChI is InChI=1S/C17H30FN5/c1-4-13(11-10-12-8-6-5-7-9-12)20-16-22-14(17(2,3)18)21-15(19)23-16/h5-9,13-16,20-23H,4,10-11,19H2,1-3H3. The highest BCUT2D eigenvalue weighted by atomic mass is 19.1. The van der Waals surface area contributed by atoms with Crippen LogP contribution in [0.1, 0.15) is 39.2 Å². The van der Waals surface area contributed by atoms with Gasteiger partial charge < -0.3 is 5.73 Å². The molecular formula is C17H30FN5. The van der Waals surface area contributed by atoms with Crippen LogP contribution in [0.15, 0.2) is 30.3 Å². The topological polar surface area (TPSA) is 74.1 Å². The molecule has 1 saturated heterocycles. The van der Waals surface area contributed by atoms with Gasteiger partial charge in [0.15, 0.2) is 0 Å². The van der Waals surface area contributed by atoms with Crippen molar-refractivity contribution in [3.63, 3.8) is 0 Å². The molecule has 1 aromatic rings. The molecule has 23 heavy (non-hydrogen) atoms. The predicted octanol–water partition coefficient (Wildman–Crippen LogP) is 1.37. The second-order valence-corrected chi connectivity index (χ2v) is 6.70. The van der Waals surface area contributed by atoms with E-state index in [0.717, 1.165) is 19.3 Å². The van der Waals surface area contributed by atoms with Crippen molar-refractivity contribution in [3.8, 4) is 0 Å². The summed E-state index contributed by atoms with van der Waals surface area (Å²) in [7, 11) is 0. The summed E-state index contributed by atoms with van der Waals surface area (Å²) in [6, 6.07) is 10.8. The second kappa shape index (κ2) is 8.17. The smallest absolute Gasteiger partial charge is 0.133 e. The van der Waals surface area contributed by atoms with Crippen LogP contribution in [0.25, 0.3) is 0 Å². The van der Waals surface area contributed by atoms with Crippen LogP contribution < -0.4 is 27.0 Å². The highest BCUT2D eigenvalue weighted by Crippen LogP contribution is 2.15. The molecule has 4 unspecified atom stereocenters. The van der Waals surface area contributed by atoms with Crippen LogP contribution in [-0.2, 0) is 6.42 Å². The Bertz CT molecular complexity index is 462. The third-order valence-electron chi connectivity index (χ3n) is 4.23. The molecule has 0 saturated carbocycles. The average Bonchev–Trinajstić information content (AvgIpc) is 2.51. The van der Waals surface area contributed by atoms with Gasteiger partial charge in [0.05, 0.1) is 6.17 Å². The molecule has 0 spiro atoms. The van der Waals surface area contributed by atoms with Crippen molar-refractivity contribution in [1.82, 2.24) is 21.3 Å². The highest BCUT2D eigenvalue weighted by molar-refractivity contribution is 5.14. The number of aryl methyl sites for hydroxylation is 1. The summed E-state index contributed by atoms with van der Waals surface area (Å²) < 4.78 is 14.2. The third-order valence-corrected chi connectivity index (χ3v) is 4.23. The van der Waals surface area contributed by atoms with Gasteiger partial charge in [0.1, 0.15) is 18.2 Å². The monoisotopic (exact) mass is 323 g/mol. The van der Waals surface area contributed by atoms with Crippen LogP contribution in [0.2, 0.25) is 0 Å². The molecule has 1 aliphatic heterocycles. The van der Waals surface area contributed by atoms with Crippen LogP contribution in [0.3, 0.4) is 0 Å². The van der Waals surface area contributed by atoms with Gasteiger partial charge in [-0.15, -0.1) is 0 Å². The summed E-state index contributed by atoms with van der Waals surface area (Å²) in [4.78, 5) is 0. The van der Waals surface area contributed by atoms with Crippen molar-refractivity contribution in [2.45, 2.75) is 70.5 Å². The first-order valence-corrected chi connectivity index (χ1v) is 8.41. The minimum absolute atomic E-state index is 0.216. The molecule has 130 valence electrons. The first kappa shape index (κ1) is 18.3. The van der Waals surface area contributed by atoms with E-state index in [1.54, 1.807) is 13.8 Å². The Balaban J connectivity index is 1.87. The van der Waals surface area contributed by atoms with Gasteiger partial charge in [0, 0.05) is 6.04 Å². The van der Waals surface area contributed by atoms with Crippen molar-refractivity contribution in [1.29, 1.82) is 0 Å². The molecule has 6 N–H and O–H groups in total. The lowest BCUT2D eigenvalue weighted by atomic mass is 10.0. The van der Waals surface area contributed by atoms with Gasteiger partial charge in [-0.25, -0.2) is 4.39 Å². The predicted molar refractivity (Wildman–Crippen MR) is 92.1 cm³/mol. The maximum atomic E-state index is 14.2. The van der Waals surface area contributed by atoms with E-state index < -0.39 is 18.1 Å². The molecule has 2 rings (SSSR count). The van der Waals surface area contributed by atoms with E-state index in [2.05, 4.69) is 52.5 Å². The van der Waals surface area contributed by atoms with Gasteiger partial charge in [0.25, 0.3) is 0 Å². The summed E-state index contributed by atoms with van der Waals surface area (Å²) in [6.07, 6.45) is 1.88. The largest absolute Gasteiger partial charge is 0.303 e. The third kappa shape index (κ3) is 5.82. The lowest BCUT2D eigenvalue weighted by molar-refractivity contribution is 0.0553. The zero-order chi connectivity index (χ0) is 16.9. The maximum absolute atomic E-state index is 14.2. The van der Waals surface area contributed by atoms with E-state index in [0.29, 0.717) is 6.04 Å². The molecule has 0 amide bonds. The fourth-order valence-corrected chi connectivity index (χ4v) is 2.79. The molecule has 4 atom stereocenters. The molecular weight excluding hydrogens is 293 g/mol. The number of halogens is 1. The molecule has 1 fully saturated rings. The SMILES string of the molecule is CCC(CCc1ccccc1)NC1NC(N)NC(C(C)(C)F)N1. The number of nitrogens with two attached hydrogens (primary N) is 1. The van der Waals surface area contributed by atoms with E-state index in [1.165, 1.54) is 5.56 Å². The van der Waals surface area contributed by atoms with Crippen LogP contribution in [0.4, 0.5) is 4.39 Å². The van der Waals surface area contributed by atoms with Gasteiger partial charge in [-0.1, -0.05) is 37.3 Å². The first-order valence-electron chi connectivity index (χ1n) is 8.41. The minimum atomic E-state index is -1.40. The number of rotatable bonds is 7. The minimum Gasteiger partial charge on any atom is -0.303 e. The normalized spacial score (nSPS) is 26.9. The molecule has 1 aliphatic rings.